The number of halogens is 1. The Kier molecular flexibility index (Phi) is 6.52. The molecule has 0 aliphatic carbocycles. The fraction of sp³-hybridized carbons (Fsp3) is 0.353. The van der Waals surface area contributed by atoms with Gasteiger partial charge in [0.2, 0.25) is 0 Å². The van der Waals surface area contributed by atoms with Crippen LogP contribution in [0, 0.1) is 6.92 Å². The third-order valence-electron chi connectivity index (χ3n) is 3.48. The molecule has 128 valence electrons. The first-order chi connectivity index (χ1) is 11.5. The highest BCUT2D eigenvalue weighted by Gasteiger charge is 2.08. The van der Waals surface area contributed by atoms with Gasteiger partial charge >= 0.3 is 0 Å². The van der Waals surface area contributed by atoms with E-state index in [1.807, 2.05) is 39.2 Å². The summed E-state index contributed by atoms with van der Waals surface area (Å²) in [5.74, 6) is 0.344. The van der Waals surface area contributed by atoms with Crippen LogP contribution in [-0.4, -0.2) is 48.0 Å². The van der Waals surface area contributed by atoms with E-state index in [1.54, 1.807) is 0 Å². The molecule has 0 aliphatic heterocycles. The van der Waals surface area contributed by atoms with Crippen molar-refractivity contribution in [1.82, 2.24) is 20.2 Å². The molecule has 2 aromatic rings. The monoisotopic (exact) mass is 347 g/mol. The Labute approximate surface area is 147 Å². The molecule has 0 radical (unpaired) electrons. The topological polar surface area (TPSA) is 70.2 Å². The van der Waals surface area contributed by atoms with Crippen molar-refractivity contribution >= 4 is 29.0 Å². The number of carbonyl (C=O) groups is 1. The quantitative estimate of drug-likeness (QED) is 0.754. The van der Waals surface area contributed by atoms with Crippen molar-refractivity contribution < 1.29 is 4.79 Å². The summed E-state index contributed by atoms with van der Waals surface area (Å²) in [7, 11) is 4.00. The van der Waals surface area contributed by atoms with Gasteiger partial charge in [-0.3, -0.25) is 4.79 Å². The van der Waals surface area contributed by atoms with Gasteiger partial charge in [-0.05, 0) is 51.7 Å². The molecule has 0 saturated carbocycles. The predicted octanol–water partition coefficient (Wildman–Crippen LogP) is 2.86. The van der Waals surface area contributed by atoms with Crippen LogP contribution >= 0.6 is 11.6 Å². The average Bonchev–Trinajstić information content (AvgIpc) is 2.56. The van der Waals surface area contributed by atoms with E-state index in [9.17, 15) is 4.79 Å². The highest BCUT2D eigenvalue weighted by atomic mass is 35.5. The maximum Gasteiger partial charge on any atom is 0.271 e. The molecule has 0 saturated heterocycles. The number of hydrogen-bond acceptors (Lipinski definition) is 5. The summed E-state index contributed by atoms with van der Waals surface area (Å²) in [5.41, 5.74) is 2.09. The van der Waals surface area contributed by atoms with Crippen molar-refractivity contribution in [3.63, 3.8) is 0 Å². The Hall–Kier alpha value is -2.18. The number of aromatic nitrogens is 2. The molecule has 0 unspecified atom stereocenters. The van der Waals surface area contributed by atoms with Crippen LogP contribution in [0.1, 0.15) is 22.5 Å². The highest BCUT2D eigenvalue weighted by molar-refractivity contribution is 6.31. The molecule has 24 heavy (non-hydrogen) atoms. The molecule has 0 spiro atoms. The number of nitrogens with one attached hydrogen (secondary N) is 2. The van der Waals surface area contributed by atoms with Gasteiger partial charge in [0.25, 0.3) is 5.91 Å². The highest BCUT2D eigenvalue weighted by Crippen LogP contribution is 2.25. The second kappa shape index (κ2) is 8.61. The number of nitrogens with zero attached hydrogens (tertiary/aromatic N) is 3. The summed E-state index contributed by atoms with van der Waals surface area (Å²) >= 11 is 6.09. The van der Waals surface area contributed by atoms with E-state index in [-0.39, 0.29) is 5.91 Å². The molecule has 0 atom stereocenters. The van der Waals surface area contributed by atoms with Gasteiger partial charge in [-0.15, -0.1) is 0 Å². The Morgan fingerprint density at radius 3 is 2.71 bits per heavy atom. The van der Waals surface area contributed by atoms with Gasteiger partial charge in [0.15, 0.2) is 0 Å². The summed E-state index contributed by atoms with van der Waals surface area (Å²) in [5, 5.41) is 6.66. The zero-order chi connectivity index (χ0) is 17.5. The van der Waals surface area contributed by atoms with Crippen molar-refractivity contribution in [2.24, 2.45) is 0 Å². The first kappa shape index (κ1) is 18.2. The Balaban J connectivity index is 1.93. The molecule has 1 aromatic heterocycles. The molecule has 1 aromatic carbocycles. The van der Waals surface area contributed by atoms with Crippen molar-refractivity contribution in [2.45, 2.75) is 13.3 Å². The first-order valence-corrected chi connectivity index (χ1v) is 8.12. The molecule has 1 amide bonds. The molecular formula is C17H22ClN5O. The summed E-state index contributed by atoms with van der Waals surface area (Å²) in [6, 6.07) is 5.60. The molecule has 7 heteroatoms. The zero-order valence-corrected chi connectivity index (χ0v) is 14.9. The summed E-state index contributed by atoms with van der Waals surface area (Å²) < 4.78 is 0. The Bertz CT molecular complexity index is 688. The fourth-order valence-corrected chi connectivity index (χ4v) is 2.25. The van der Waals surface area contributed by atoms with Gasteiger partial charge in [0, 0.05) is 17.3 Å². The van der Waals surface area contributed by atoms with Crippen LogP contribution in [0.3, 0.4) is 0 Å². The van der Waals surface area contributed by atoms with Crippen molar-refractivity contribution in [1.29, 1.82) is 0 Å². The van der Waals surface area contributed by atoms with Crippen LogP contribution in [-0.2, 0) is 0 Å². The number of rotatable bonds is 7. The van der Waals surface area contributed by atoms with Gasteiger partial charge in [-0.25, -0.2) is 9.97 Å². The SMILES string of the molecule is Cc1c(Cl)cccc1Nc1cnc(C(=O)NCCCN(C)C)cn1. The van der Waals surface area contributed by atoms with Crippen molar-refractivity contribution in [3.8, 4) is 0 Å². The van der Waals surface area contributed by atoms with Crippen LogP contribution < -0.4 is 10.6 Å². The number of benzene rings is 1. The largest absolute Gasteiger partial charge is 0.351 e. The van der Waals surface area contributed by atoms with Crippen LogP contribution in [0.25, 0.3) is 0 Å². The second-order valence-electron chi connectivity index (χ2n) is 5.74. The maximum absolute atomic E-state index is 12.0. The van der Waals surface area contributed by atoms with Crippen LogP contribution in [0.5, 0.6) is 0 Å². The molecule has 6 nitrogen and oxygen atoms in total. The van der Waals surface area contributed by atoms with Gasteiger partial charge in [-0.2, -0.15) is 0 Å². The smallest absolute Gasteiger partial charge is 0.271 e. The van der Waals surface area contributed by atoms with Crippen molar-refractivity contribution in [3.05, 3.63) is 46.9 Å². The van der Waals surface area contributed by atoms with Crippen molar-refractivity contribution in [2.75, 3.05) is 32.5 Å². The molecule has 1 heterocycles. The van der Waals surface area contributed by atoms with Crippen LogP contribution in [0.2, 0.25) is 5.02 Å². The third kappa shape index (κ3) is 5.18. The minimum Gasteiger partial charge on any atom is -0.351 e. The Morgan fingerprint density at radius 1 is 1.25 bits per heavy atom. The average molecular weight is 348 g/mol. The van der Waals surface area contributed by atoms with Crippen LogP contribution in [0.15, 0.2) is 30.6 Å². The number of anilines is 2. The molecule has 2 N–H and O–H groups in total. The number of amides is 1. The zero-order valence-electron chi connectivity index (χ0n) is 14.1. The van der Waals surface area contributed by atoms with E-state index in [0.717, 1.165) is 24.2 Å². The van der Waals surface area contributed by atoms with Crippen LogP contribution in [0.4, 0.5) is 11.5 Å². The molecular weight excluding hydrogens is 326 g/mol. The van der Waals surface area contributed by atoms with E-state index in [1.165, 1.54) is 12.4 Å². The molecule has 0 aliphatic rings. The van der Waals surface area contributed by atoms with Gasteiger partial charge in [0.05, 0.1) is 12.4 Å². The fourth-order valence-electron chi connectivity index (χ4n) is 2.08. The standard InChI is InChI=1S/C17H22ClN5O/c1-12-13(18)6-4-7-14(12)22-16-11-20-15(10-21-16)17(24)19-8-5-9-23(2)3/h4,6-7,10-11H,5,8-9H2,1-3H3,(H,19,24)(H,21,22). The van der Waals surface area contributed by atoms with E-state index in [2.05, 4.69) is 25.5 Å². The van der Waals surface area contributed by atoms with Gasteiger partial charge in [0.1, 0.15) is 11.5 Å². The summed E-state index contributed by atoms with van der Waals surface area (Å²) in [6.45, 7) is 3.46. The number of carbonyl (C=O) groups excluding carboxylic acids is 1. The molecule has 0 bridgehead atoms. The lowest BCUT2D eigenvalue weighted by molar-refractivity contribution is 0.0947. The van der Waals surface area contributed by atoms with E-state index < -0.39 is 0 Å². The maximum atomic E-state index is 12.0. The molecule has 0 fully saturated rings. The van der Waals surface area contributed by atoms with Gasteiger partial charge in [-0.1, -0.05) is 17.7 Å². The van der Waals surface area contributed by atoms with E-state index in [0.29, 0.717) is 23.1 Å². The predicted molar refractivity (Wildman–Crippen MR) is 97.0 cm³/mol. The second-order valence-corrected chi connectivity index (χ2v) is 6.14. The third-order valence-corrected chi connectivity index (χ3v) is 3.89. The lowest BCUT2D eigenvalue weighted by Gasteiger charge is -2.11. The summed E-state index contributed by atoms with van der Waals surface area (Å²) in [4.78, 5) is 22.5. The summed E-state index contributed by atoms with van der Waals surface area (Å²) in [6.07, 6.45) is 3.89. The Morgan fingerprint density at radius 2 is 2.04 bits per heavy atom. The minimum atomic E-state index is -0.216. The van der Waals surface area contributed by atoms with E-state index >= 15 is 0 Å². The lowest BCUT2D eigenvalue weighted by atomic mass is 10.2. The van der Waals surface area contributed by atoms with E-state index in [4.69, 9.17) is 11.6 Å². The minimum absolute atomic E-state index is 0.216. The lowest BCUT2D eigenvalue weighted by Crippen LogP contribution is -2.27. The number of hydrogen-bond donors (Lipinski definition) is 2. The first-order valence-electron chi connectivity index (χ1n) is 7.74. The van der Waals surface area contributed by atoms with Gasteiger partial charge < -0.3 is 15.5 Å². The normalized spacial score (nSPS) is 10.7. The molecule has 2 rings (SSSR count).